The van der Waals surface area contributed by atoms with Crippen LogP contribution in [0.25, 0.3) is 11.2 Å². The highest BCUT2D eigenvalue weighted by Crippen LogP contribution is 2.20. The molecule has 3 aromatic rings. The molecule has 118 valence electrons. The number of quaternary nitrogens is 1. The molecular weight excluding hydrogens is 292 g/mol. The van der Waals surface area contributed by atoms with E-state index in [2.05, 4.69) is 25.6 Å². The van der Waals surface area contributed by atoms with E-state index in [0.29, 0.717) is 23.6 Å². The fraction of sp³-hybridized carbons (Fsp3) is 0.375. The minimum absolute atomic E-state index is 0.195. The SMILES string of the molecule is O=c1[nH]c(C2CC[NH2+]CC2)nc2c1nnn2Cc1ccccc1. The monoisotopic (exact) mass is 311 g/mol. The predicted molar refractivity (Wildman–Crippen MR) is 85.1 cm³/mol. The van der Waals surface area contributed by atoms with Gasteiger partial charge in [0.2, 0.25) is 0 Å². The zero-order valence-corrected chi connectivity index (χ0v) is 12.8. The molecule has 0 unspecified atom stereocenters. The molecule has 0 spiro atoms. The van der Waals surface area contributed by atoms with Crippen LogP contribution in [0.15, 0.2) is 35.1 Å². The number of H-pyrrole nitrogens is 1. The number of nitrogens with one attached hydrogen (secondary N) is 1. The number of nitrogens with two attached hydrogens (primary N) is 1. The normalized spacial score (nSPS) is 16.0. The second-order valence-corrected chi connectivity index (χ2v) is 6.00. The molecular formula is C16H19N6O+. The van der Waals surface area contributed by atoms with Crippen molar-refractivity contribution in [3.05, 3.63) is 52.1 Å². The van der Waals surface area contributed by atoms with E-state index >= 15 is 0 Å². The summed E-state index contributed by atoms with van der Waals surface area (Å²) >= 11 is 0. The van der Waals surface area contributed by atoms with Crippen molar-refractivity contribution >= 4 is 11.2 Å². The van der Waals surface area contributed by atoms with Crippen molar-refractivity contribution in [2.75, 3.05) is 13.1 Å². The van der Waals surface area contributed by atoms with E-state index in [4.69, 9.17) is 0 Å². The van der Waals surface area contributed by atoms with Gasteiger partial charge in [-0.1, -0.05) is 35.5 Å². The van der Waals surface area contributed by atoms with Gasteiger partial charge < -0.3 is 10.3 Å². The summed E-state index contributed by atoms with van der Waals surface area (Å²) in [6.07, 6.45) is 2.07. The molecule has 7 nitrogen and oxygen atoms in total. The molecule has 1 aliphatic rings. The van der Waals surface area contributed by atoms with Gasteiger partial charge in [-0.15, -0.1) is 5.10 Å². The fourth-order valence-electron chi connectivity index (χ4n) is 3.14. The Kier molecular flexibility index (Phi) is 3.63. The topological polar surface area (TPSA) is 93.1 Å². The van der Waals surface area contributed by atoms with Crippen LogP contribution >= 0.6 is 0 Å². The van der Waals surface area contributed by atoms with E-state index in [1.807, 2.05) is 30.3 Å². The van der Waals surface area contributed by atoms with Crippen LogP contribution in [0.3, 0.4) is 0 Å². The summed E-state index contributed by atoms with van der Waals surface area (Å²) in [6, 6.07) is 10.00. The zero-order valence-electron chi connectivity index (χ0n) is 12.8. The molecule has 1 saturated heterocycles. The van der Waals surface area contributed by atoms with Crippen molar-refractivity contribution in [3.8, 4) is 0 Å². The average molecular weight is 311 g/mol. The van der Waals surface area contributed by atoms with E-state index < -0.39 is 0 Å². The summed E-state index contributed by atoms with van der Waals surface area (Å²) in [5.41, 5.74) is 1.79. The zero-order chi connectivity index (χ0) is 15.6. The molecule has 3 N–H and O–H groups in total. The Bertz CT molecular complexity index is 863. The van der Waals surface area contributed by atoms with Crippen molar-refractivity contribution < 1.29 is 5.32 Å². The standard InChI is InChI=1S/C16H18N6O/c23-16-13-15(18-14(19-16)12-6-8-17-9-7-12)22(21-20-13)10-11-4-2-1-3-5-11/h1-5,12,17H,6-10H2,(H,18,19,23)/p+1. The lowest BCUT2D eigenvalue weighted by Gasteiger charge is -2.19. The maximum Gasteiger partial charge on any atom is 0.281 e. The molecule has 0 saturated carbocycles. The summed E-state index contributed by atoms with van der Waals surface area (Å²) < 4.78 is 1.71. The Labute approximate surface area is 132 Å². The van der Waals surface area contributed by atoms with Gasteiger partial charge in [0.15, 0.2) is 11.2 Å². The summed E-state index contributed by atoms with van der Waals surface area (Å²) in [5, 5.41) is 10.4. The third-order valence-electron chi connectivity index (χ3n) is 4.39. The van der Waals surface area contributed by atoms with Gasteiger partial charge in [-0.05, 0) is 5.56 Å². The van der Waals surface area contributed by atoms with Crippen molar-refractivity contribution in [2.24, 2.45) is 0 Å². The van der Waals surface area contributed by atoms with Crippen molar-refractivity contribution in [3.63, 3.8) is 0 Å². The molecule has 3 heterocycles. The number of nitrogens with zero attached hydrogens (tertiary/aromatic N) is 4. The van der Waals surface area contributed by atoms with Crippen LogP contribution in [-0.2, 0) is 6.54 Å². The number of fused-ring (bicyclic) bond motifs is 1. The number of benzene rings is 1. The Morgan fingerprint density at radius 1 is 1.22 bits per heavy atom. The Hall–Kier alpha value is -2.54. The first kappa shape index (κ1) is 14.1. The molecule has 1 fully saturated rings. The van der Waals surface area contributed by atoms with Crippen LogP contribution in [0, 0.1) is 0 Å². The molecule has 4 rings (SSSR count). The van der Waals surface area contributed by atoms with E-state index in [1.165, 1.54) is 0 Å². The molecule has 1 aliphatic heterocycles. The van der Waals surface area contributed by atoms with Gasteiger partial charge in [0.1, 0.15) is 5.82 Å². The number of hydrogen-bond donors (Lipinski definition) is 2. The van der Waals surface area contributed by atoms with Crippen molar-refractivity contribution in [2.45, 2.75) is 25.3 Å². The smallest absolute Gasteiger partial charge is 0.281 e. The van der Waals surface area contributed by atoms with E-state index in [1.54, 1.807) is 4.68 Å². The first-order valence-corrected chi connectivity index (χ1v) is 8.00. The Morgan fingerprint density at radius 3 is 2.78 bits per heavy atom. The Morgan fingerprint density at radius 2 is 2.00 bits per heavy atom. The molecule has 0 aliphatic carbocycles. The molecule has 0 bridgehead atoms. The van der Waals surface area contributed by atoms with Crippen molar-refractivity contribution in [1.82, 2.24) is 25.0 Å². The number of rotatable bonds is 3. The minimum Gasteiger partial charge on any atom is -0.346 e. The van der Waals surface area contributed by atoms with Gasteiger partial charge in [-0.3, -0.25) is 4.79 Å². The maximum atomic E-state index is 12.3. The quantitative estimate of drug-likeness (QED) is 0.712. The van der Waals surface area contributed by atoms with Gasteiger partial charge in [-0.2, -0.15) is 0 Å². The van der Waals surface area contributed by atoms with E-state index in [0.717, 1.165) is 37.3 Å². The highest BCUT2D eigenvalue weighted by Gasteiger charge is 2.22. The van der Waals surface area contributed by atoms with Crippen LogP contribution in [0.1, 0.15) is 30.1 Å². The number of piperidine rings is 1. The van der Waals surface area contributed by atoms with Crippen LogP contribution in [0.2, 0.25) is 0 Å². The molecule has 0 atom stereocenters. The van der Waals surface area contributed by atoms with Gasteiger partial charge >= 0.3 is 0 Å². The lowest BCUT2D eigenvalue weighted by molar-refractivity contribution is -0.663. The van der Waals surface area contributed by atoms with Gasteiger partial charge in [0, 0.05) is 18.8 Å². The molecule has 23 heavy (non-hydrogen) atoms. The second kappa shape index (κ2) is 5.92. The highest BCUT2D eigenvalue weighted by atomic mass is 16.1. The third kappa shape index (κ3) is 2.75. The molecule has 2 aromatic heterocycles. The first-order valence-electron chi connectivity index (χ1n) is 8.00. The maximum absolute atomic E-state index is 12.3. The molecule has 1 aromatic carbocycles. The van der Waals surface area contributed by atoms with Crippen LogP contribution < -0.4 is 10.9 Å². The molecule has 7 heteroatoms. The largest absolute Gasteiger partial charge is 0.346 e. The Balaban J connectivity index is 1.74. The minimum atomic E-state index is -0.195. The number of aromatic amines is 1. The fourth-order valence-corrected chi connectivity index (χ4v) is 3.14. The van der Waals surface area contributed by atoms with Crippen LogP contribution in [0.4, 0.5) is 0 Å². The number of hydrogen-bond acceptors (Lipinski definition) is 4. The lowest BCUT2D eigenvalue weighted by Crippen LogP contribution is -2.86. The average Bonchev–Trinajstić information content (AvgIpc) is 3.00. The molecule has 0 radical (unpaired) electrons. The number of aromatic nitrogens is 5. The summed E-state index contributed by atoms with van der Waals surface area (Å²) in [5.74, 6) is 1.09. The lowest BCUT2D eigenvalue weighted by atomic mass is 9.97. The van der Waals surface area contributed by atoms with Crippen LogP contribution in [0.5, 0.6) is 0 Å². The van der Waals surface area contributed by atoms with Gasteiger partial charge in [0.25, 0.3) is 5.56 Å². The van der Waals surface area contributed by atoms with Crippen molar-refractivity contribution in [1.29, 1.82) is 0 Å². The second-order valence-electron chi connectivity index (χ2n) is 6.00. The first-order chi connectivity index (χ1) is 11.3. The summed E-state index contributed by atoms with van der Waals surface area (Å²) in [7, 11) is 0. The van der Waals surface area contributed by atoms with E-state index in [-0.39, 0.29) is 5.56 Å². The van der Waals surface area contributed by atoms with Crippen LogP contribution in [-0.4, -0.2) is 38.1 Å². The van der Waals surface area contributed by atoms with Gasteiger partial charge in [0.05, 0.1) is 19.6 Å². The highest BCUT2D eigenvalue weighted by molar-refractivity contribution is 5.68. The van der Waals surface area contributed by atoms with Gasteiger partial charge in [-0.25, -0.2) is 9.67 Å². The summed E-state index contributed by atoms with van der Waals surface area (Å²) in [6.45, 7) is 2.72. The van der Waals surface area contributed by atoms with E-state index in [9.17, 15) is 4.79 Å². The summed E-state index contributed by atoms with van der Waals surface area (Å²) in [4.78, 5) is 19.9. The molecule has 0 amide bonds. The third-order valence-corrected chi connectivity index (χ3v) is 4.39. The predicted octanol–water partition coefficient (Wildman–Crippen LogP) is 0.00370.